The van der Waals surface area contributed by atoms with Crippen molar-refractivity contribution in [3.63, 3.8) is 0 Å². The fourth-order valence-electron chi connectivity index (χ4n) is 4.74. The summed E-state index contributed by atoms with van der Waals surface area (Å²) < 4.78 is 0. The fourth-order valence-corrected chi connectivity index (χ4v) is 10.1. The Morgan fingerprint density at radius 2 is 1.13 bits per heavy atom. The number of unbranched alkanes of at least 4 members (excludes halogenated alkanes) is 10. The van der Waals surface area contributed by atoms with Crippen LogP contribution in [0.25, 0.3) is 6.08 Å². The molecule has 0 heterocycles. The second-order valence-corrected chi connectivity index (χ2v) is 20.5. The van der Waals surface area contributed by atoms with Crippen LogP contribution in [-0.4, -0.2) is 16.1 Å². The summed E-state index contributed by atoms with van der Waals surface area (Å²) in [7, 11) is -2.75. The van der Waals surface area contributed by atoms with E-state index in [1.165, 1.54) is 94.7 Å². The molecule has 2 heteroatoms. The van der Waals surface area contributed by atoms with Crippen molar-refractivity contribution in [3.05, 3.63) is 30.3 Å². The van der Waals surface area contributed by atoms with Crippen molar-refractivity contribution in [2.24, 2.45) is 0 Å². The van der Waals surface area contributed by atoms with Gasteiger partial charge >= 0.3 is 0 Å². The van der Waals surface area contributed by atoms with Crippen LogP contribution in [0.4, 0.5) is 0 Å². The molecular formula is C28H52Si2. The normalized spacial score (nSPS) is 12.3. The standard InChI is InChI=1S/C28H52Si2/c1-8-11-13-15-17-19-23-29(4,5)27-21-22-28(26(10-3)25-27)30(6,7)24-20-18-16-14-12-9-2/h10,21-22,25H,3,8-9,11-20,23-24H2,1-2,4-7H3. The maximum absolute atomic E-state index is 4.20. The van der Waals surface area contributed by atoms with Crippen molar-refractivity contribution < 1.29 is 0 Å². The third-order valence-corrected chi connectivity index (χ3v) is 14.1. The van der Waals surface area contributed by atoms with E-state index >= 15 is 0 Å². The van der Waals surface area contributed by atoms with Gasteiger partial charge < -0.3 is 0 Å². The van der Waals surface area contributed by atoms with E-state index in [1.54, 1.807) is 10.4 Å². The average Bonchev–Trinajstić information content (AvgIpc) is 2.72. The van der Waals surface area contributed by atoms with Crippen LogP contribution >= 0.6 is 0 Å². The van der Waals surface area contributed by atoms with E-state index < -0.39 is 16.1 Å². The van der Waals surface area contributed by atoms with Gasteiger partial charge in [0.15, 0.2) is 0 Å². The highest BCUT2D eigenvalue weighted by atomic mass is 28.3. The lowest BCUT2D eigenvalue weighted by atomic mass is 10.1. The monoisotopic (exact) mass is 444 g/mol. The lowest BCUT2D eigenvalue weighted by Gasteiger charge is -2.29. The molecule has 0 aliphatic heterocycles. The SMILES string of the molecule is C=Cc1cc([Si](C)(C)CCCCCCCC)ccc1[Si](C)(C)CCCCCCCC. The van der Waals surface area contributed by atoms with Crippen LogP contribution in [0.5, 0.6) is 0 Å². The largest absolute Gasteiger partial charge is 0.0985 e. The molecule has 0 atom stereocenters. The molecule has 0 aromatic heterocycles. The van der Waals surface area contributed by atoms with Crippen molar-refractivity contribution in [1.29, 1.82) is 0 Å². The highest BCUT2D eigenvalue weighted by molar-refractivity contribution is 6.91. The maximum Gasteiger partial charge on any atom is 0.0814 e. The fraction of sp³-hybridized carbons (Fsp3) is 0.714. The molecule has 0 amide bonds. The van der Waals surface area contributed by atoms with Gasteiger partial charge in [0.05, 0.1) is 16.1 Å². The molecule has 0 spiro atoms. The van der Waals surface area contributed by atoms with Crippen LogP contribution in [0.15, 0.2) is 24.8 Å². The van der Waals surface area contributed by atoms with Gasteiger partial charge in [-0.25, -0.2) is 0 Å². The van der Waals surface area contributed by atoms with Crippen molar-refractivity contribution in [2.75, 3.05) is 0 Å². The Balaban J connectivity index is 2.70. The zero-order valence-corrected chi connectivity index (χ0v) is 23.4. The summed E-state index contributed by atoms with van der Waals surface area (Å²) in [5.41, 5.74) is 1.44. The van der Waals surface area contributed by atoms with Crippen molar-refractivity contribution in [1.82, 2.24) is 0 Å². The molecule has 0 saturated heterocycles. The van der Waals surface area contributed by atoms with E-state index in [2.05, 4.69) is 70.9 Å². The van der Waals surface area contributed by atoms with Gasteiger partial charge in [-0.1, -0.05) is 170 Å². The summed E-state index contributed by atoms with van der Waals surface area (Å²) in [6, 6.07) is 10.4. The van der Waals surface area contributed by atoms with Crippen molar-refractivity contribution in [3.8, 4) is 0 Å². The summed E-state index contributed by atoms with van der Waals surface area (Å²) in [6.45, 7) is 19.1. The lowest BCUT2D eigenvalue weighted by molar-refractivity contribution is 0.622. The Kier molecular flexibility index (Phi) is 13.2. The Labute approximate surface area is 192 Å². The number of hydrogen-bond acceptors (Lipinski definition) is 0. The van der Waals surface area contributed by atoms with Crippen LogP contribution < -0.4 is 10.4 Å². The van der Waals surface area contributed by atoms with E-state index in [1.807, 2.05) is 0 Å². The lowest BCUT2D eigenvalue weighted by Crippen LogP contribution is -2.46. The first-order valence-electron chi connectivity index (χ1n) is 13.1. The van der Waals surface area contributed by atoms with Gasteiger partial charge in [0.25, 0.3) is 0 Å². The summed E-state index contributed by atoms with van der Waals surface area (Å²) in [4.78, 5) is 0. The van der Waals surface area contributed by atoms with Crippen molar-refractivity contribution in [2.45, 2.75) is 129 Å². The Bertz CT molecular complexity index is 601. The first-order chi connectivity index (χ1) is 14.3. The minimum atomic E-state index is -1.40. The minimum Gasteiger partial charge on any atom is -0.0985 e. The quantitative estimate of drug-likeness (QED) is 0.166. The summed E-state index contributed by atoms with van der Waals surface area (Å²) in [5, 5.41) is 3.28. The Morgan fingerprint density at radius 3 is 1.63 bits per heavy atom. The Morgan fingerprint density at radius 1 is 0.667 bits per heavy atom. The number of benzene rings is 1. The van der Waals surface area contributed by atoms with Crippen LogP contribution in [0.1, 0.15) is 96.5 Å². The van der Waals surface area contributed by atoms with Crippen LogP contribution in [0.3, 0.4) is 0 Å². The third kappa shape index (κ3) is 9.68. The van der Waals surface area contributed by atoms with E-state index in [4.69, 9.17) is 0 Å². The molecule has 1 aromatic rings. The summed E-state index contributed by atoms with van der Waals surface area (Å²) in [5.74, 6) is 0. The van der Waals surface area contributed by atoms with Crippen LogP contribution in [0, 0.1) is 0 Å². The van der Waals surface area contributed by atoms with Gasteiger partial charge in [0.1, 0.15) is 0 Å². The zero-order valence-electron chi connectivity index (χ0n) is 21.4. The van der Waals surface area contributed by atoms with E-state index in [9.17, 15) is 0 Å². The highest BCUT2D eigenvalue weighted by Crippen LogP contribution is 2.21. The Hall–Kier alpha value is -0.606. The van der Waals surface area contributed by atoms with E-state index in [-0.39, 0.29) is 0 Å². The summed E-state index contributed by atoms with van der Waals surface area (Å²) >= 11 is 0. The van der Waals surface area contributed by atoms with Gasteiger partial charge in [0.2, 0.25) is 0 Å². The molecule has 172 valence electrons. The topological polar surface area (TPSA) is 0 Å². The average molecular weight is 445 g/mol. The molecule has 0 aliphatic rings. The predicted molar refractivity (Wildman–Crippen MR) is 147 cm³/mol. The van der Waals surface area contributed by atoms with Gasteiger partial charge in [-0.15, -0.1) is 0 Å². The second-order valence-electron chi connectivity index (χ2n) is 10.8. The van der Waals surface area contributed by atoms with Crippen molar-refractivity contribution >= 4 is 32.6 Å². The van der Waals surface area contributed by atoms with Gasteiger partial charge in [-0.05, 0) is 5.56 Å². The highest BCUT2D eigenvalue weighted by Gasteiger charge is 2.28. The molecule has 0 nitrogen and oxygen atoms in total. The smallest absolute Gasteiger partial charge is 0.0814 e. The van der Waals surface area contributed by atoms with Gasteiger partial charge in [0, 0.05) is 0 Å². The third-order valence-electron chi connectivity index (χ3n) is 7.09. The van der Waals surface area contributed by atoms with E-state index in [0.717, 1.165) is 0 Å². The van der Waals surface area contributed by atoms with Gasteiger partial charge in [-0.3, -0.25) is 0 Å². The molecule has 1 aromatic carbocycles. The maximum atomic E-state index is 4.20. The molecule has 0 saturated carbocycles. The second kappa shape index (κ2) is 14.5. The van der Waals surface area contributed by atoms with Gasteiger partial charge in [-0.2, -0.15) is 0 Å². The molecule has 0 aliphatic carbocycles. The molecule has 1 rings (SSSR count). The molecule has 0 unspecified atom stereocenters. The first kappa shape index (κ1) is 27.4. The van der Waals surface area contributed by atoms with Crippen LogP contribution in [0.2, 0.25) is 38.3 Å². The predicted octanol–water partition coefficient (Wildman–Crippen LogP) is 8.88. The molecule has 0 bridgehead atoms. The zero-order chi connectivity index (χ0) is 22.5. The van der Waals surface area contributed by atoms with Crippen LogP contribution in [-0.2, 0) is 0 Å². The molecule has 0 fully saturated rings. The molecule has 30 heavy (non-hydrogen) atoms. The van der Waals surface area contributed by atoms with E-state index in [0.29, 0.717) is 0 Å². The molecular weight excluding hydrogens is 392 g/mol. The molecule has 0 N–H and O–H groups in total. The minimum absolute atomic E-state index is 1.34. The molecule has 0 radical (unpaired) electrons. The summed E-state index contributed by atoms with van der Waals surface area (Å²) in [6.07, 6.45) is 19.0. The number of hydrogen-bond donors (Lipinski definition) is 0. The number of rotatable bonds is 17. The first-order valence-corrected chi connectivity index (χ1v) is 19.5.